The normalized spacial score (nSPS) is 10.9. The number of nitrogen functional groups attached to an aromatic ring is 1. The summed E-state index contributed by atoms with van der Waals surface area (Å²) in [6, 6.07) is 10.2. The Morgan fingerprint density at radius 3 is 2.52 bits per heavy atom. The van der Waals surface area contributed by atoms with Crippen LogP contribution in [0.1, 0.15) is 5.56 Å². The number of para-hydroxylation sites is 1. The van der Waals surface area contributed by atoms with Crippen molar-refractivity contribution < 1.29 is 12.8 Å². The maximum atomic E-state index is 13.8. The average Bonchev–Trinajstić information content (AvgIpc) is 2.41. The molecule has 21 heavy (non-hydrogen) atoms. The van der Waals surface area contributed by atoms with E-state index >= 15 is 0 Å². The number of hydrogen-bond acceptors (Lipinski definition) is 5. The van der Waals surface area contributed by atoms with Gasteiger partial charge in [0.1, 0.15) is 5.82 Å². The molecule has 0 fully saturated rings. The highest BCUT2D eigenvalue weighted by molar-refractivity contribution is 7.90. The zero-order valence-corrected chi connectivity index (χ0v) is 11.9. The first-order valence-electron chi connectivity index (χ1n) is 5.88. The number of nitrogens with two attached hydrogens (primary N) is 1. The van der Waals surface area contributed by atoms with E-state index in [2.05, 4.69) is 5.32 Å². The third-order valence-corrected chi connectivity index (χ3v) is 3.99. The average molecular weight is 305 g/mol. The monoisotopic (exact) mass is 305 g/mol. The van der Waals surface area contributed by atoms with Gasteiger partial charge in [-0.15, -0.1) is 0 Å². The number of halogens is 1. The van der Waals surface area contributed by atoms with Gasteiger partial charge in [0.05, 0.1) is 33.6 Å². The molecule has 3 N–H and O–H groups in total. The number of nitriles is 1. The van der Waals surface area contributed by atoms with Crippen molar-refractivity contribution in [2.45, 2.75) is 4.90 Å². The Labute approximate surface area is 121 Å². The summed E-state index contributed by atoms with van der Waals surface area (Å²) >= 11 is 0. The van der Waals surface area contributed by atoms with Crippen LogP contribution in [-0.2, 0) is 9.84 Å². The topological polar surface area (TPSA) is 96.0 Å². The molecule has 0 bridgehead atoms. The largest absolute Gasteiger partial charge is 0.396 e. The Hall–Kier alpha value is -2.59. The smallest absolute Gasteiger partial charge is 0.177 e. The quantitative estimate of drug-likeness (QED) is 0.849. The summed E-state index contributed by atoms with van der Waals surface area (Å²) < 4.78 is 37.0. The maximum absolute atomic E-state index is 13.8. The molecule has 0 heterocycles. The van der Waals surface area contributed by atoms with Gasteiger partial charge in [0.25, 0.3) is 0 Å². The van der Waals surface area contributed by atoms with Crippen LogP contribution < -0.4 is 11.1 Å². The molecule has 2 rings (SSSR count). The van der Waals surface area contributed by atoms with Crippen LogP contribution in [0.4, 0.5) is 21.5 Å². The molecule has 0 saturated heterocycles. The van der Waals surface area contributed by atoms with Crippen LogP contribution in [0.25, 0.3) is 0 Å². The first-order chi connectivity index (χ1) is 9.82. The van der Waals surface area contributed by atoms with Crippen LogP contribution in [0.3, 0.4) is 0 Å². The van der Waals surface area contributed by atoms with E-state index in [0.29, 0.717) is 0 Å². The lowest BCUT2D eigenvalue weighted by molar-refractivity contribution is 0.602. The van der Waals surface area contributed by atoms with Crippen LogP contribution in [0.2, 0.25) is 0 Å². The van der Waals surface area contributed by atoms with Gasteiger partial charge < -0.3 is 11.1 Å². The fraction of sp³-hybridized carbons (Fsp3) is 0.0714. The van der Waals surface area contributed by atoms with Gasteiger partial charge in [-0.2, -0.15) is 5.26 Å². The van der Waals surface area contributed by atoms with Gasteiger partial charge in [-0.1, -0.05) is 6.07 Å². The van der Waals surface area contributed by atoms with Gasteiger partial charge in [0, 0.05) is 6.26 Å². The lowest BCUT2D eigenvalue weighted by Gasteiger charge is -2.12. The molecule has 2 aromatic carbocycles. The lowest BCUT2D eigenvalue weighted by Crippen LogP contribution is -2.05. The maximum Gasteiger partial charge on any atom is 0.177 e. The summed E-state index contributed by atoms with van der Waals surface area (Å²) in [5.41, 5.74) is 6.40. The van der Waals surface area contributed by atoms with Crippen molar-refractivity contribution in [2.75, 3.05) is 17.3 Å². The molecule has 0 amide bonds. The third kappa shape index (κ3) is 3.12. The van der Waals surface area contributed by atoms with Crippen molar-refractivity contribution >= 4 is 26.9 Å². The predicted octanol–water partition coefficient (Wildman–Crippen LogP) is 2.43. The highest BCUT2D eigenvalue weighted by Crippen LogP contribution is 2.30. The summed E-state index contributed by atoms with van der Waals surface area (Å²) in [5, 5.41) is 11.4. The molecule has 0 aliphatic rings. The van der Waals surface area contributed by atoms with Gasteiger partial charge in [-0.05, 0) is 30.3 Å². The molecule has 0 aromatic heterocycles. The minimum absolute atomic E-state index is 0.0174. The van der Waals surface area contributed by atoms with Gasteiger partial charge >= 0.3 is 0 Å². The van der Waals surface area contributed by atoms with Crippen molar-refractivity contribution in [2.24, 2.45) is 0 Å². The Bertz CT molecular complexity index is 842. The zero-order chi connectivity index (χ0) is 15.6. The molecule has 0 spiro atoms. The number of hydrogen-bond donors (Lipinski definition) is 2. The minimum atomic E-state index is -3.47. The SMILES string of the molecule is CS(=O)(=O)c1cccc(Nc2ccc(C#N)cc2F)c1N. The fourth-order valence-corrected chi connectivity index (χ4v) is 2.64. The van der Waals surface area contributed by atoms with Crippen molar-refractivity contribution in [3.05, 3.63) is 47.8 Å². The Morgan fingerprint density at radius 1 is 1.24 bits per heavy atom. The summed E-state index contributed by atoms with van der Waals surface area (Å²) in [6.07, 6.45) is 1.05. The Kier molecular flexibility index (Phi) is 3.82. The number of rotatable bonds is 3. The van der Waals surface area contributed by atoms with Crippen molar-refractivity contribution in [3.8, 4) is 6.07 Å². The van der Waals surface area contributed by atoms with Gasteiger partial charge in [0.15, 0.2) is 9.84 Å². The van der Waals surface area contributed by atoms with Crippen LogP contribution in [0.15, 0.2) is 41.3 Å². The highest BCUT2D eigenvalue weighted by atomic mass is 32.2. The molecule has 108 valence electrons. The second kappa shape index (κ2) is 5.42. The van der Waals surface area contributed by atoms with Gasteiger partial charge in [-0.3, -0.25) is 0 Å². The standard InChI is InChI=1S/C14H12FN3O2S/c1-21(19,20)13-4-2-3-12(14(13)17)18-11-6-5-9(8-16)7-10(11)15/h2-7,18H,17H2,1H3. The van der Waals surface area contributed by atoms with Crippen molar-refractivity contribution in [3.63, 3.8) is 0 Å². The molecule has 0 saturated carbocycles. The predicted molar refractivity (Wildman–Crippen MR) is 78.4 cm³/mol. The van der Waals surface area contributed by atoms with E-state index < -0.39 is 15.7 Å². The van der Waals surface area contributed by atoms with E-state index in [1.165, 1.54) is 24.3 Å². The van der Waals surface area contributed by atoms with E-state index in [1.807, 2.05) is 6.07 Å². The van der Waals surface area contributed by atoms with Crippen LogP contribution in [-0.4, -0.2) is 14.7 Å². The first-order valence-corrected chi connectivity index (χ1v) is 7.77. The molecule has 0 aliphatic carbocycles. The molecule has 0 radical (unpaired) electrons. The molecule has 0 unspecified atom stereocenters. The van der Waals surface area contributed by atoms with Crippen LogP contribution >= 0.6 is 0 Å². The van der Waals surface area contributed by atoms with E-state index in [1.54, 1.807) is 6.07 Å². The molecule has 7 heteroatoms. The number of nitrogens with one attached hydrogen (secondary N) is 1. The second-order valence-electron chi connectivity index (χ2n) is 4.42. The first kappa shape index (κ1) is 14.8. The van der Waals surface area contributed by atoms with Crippen LogP contribution in [0.5, 0.6) is 0 Å². The number of nitrogens with zero attached hydrogens (tertiary/aromatic N) is 1. The third-order valence-electron chi connectivity index (χ3n) is 2.83. The highest BCUT2D eigenvalue weighted by Gasteiger charge is 2.15. The molecule has 0 atom stereocenters. The van der Waals surface area contributed by atoms with Crippen molar-refractivity contribution in [1.29, 1.82) is 5.26 Å². The number of anilines is 3. The summed E-state index contributed by atoms with van der Waals surface area (Å²) in [7, 11) is -3.47. The van der Waals surface area contributed by atoms with E-state index in [9.17, 15) is 12.8 Å². The van der Waals surface area contributed by atoms with Crippen molar-refractivity contribution in [1.82, 2.24) is 0 Å². The number of benzene rings is 2. The molecular weight excluding hydrogens is 293 g/mol. The molecule has 5 nitrogen and oxygen atoms in total. The Balaban J connectivity index is 2.44. The molecule has 2 aromatic rings. The van der Waals surface area contributed by atoms with E-state index in [0.717, 1.165) is 12.3 Å². The van der Waals surface area contributed by atoms with Crippen LogP contribution in [0, 0.1) is 17.1 Å². The van der Waals surface area contributed by atoms with Gasteiger partial charge in [0.2, 0.25) is 0 Å². The summed E-state index contributed by atoms with van der Waals surface area (Å²) in [6.45, 7) is 0. The molecule has 0 aliphatic heterocycles. The summed E-state index contributed by atoms with van der Waals surface area (Å²) in [5.74, 6) is -0.627. The van der Waals surface area contributed by atoms with E-state index in [-0.39, 0.29) is 27.5 Å². The summed E-state index contributed by atoms with van der Waals surface area (Å²) in [4.78, 5) is -0.0263. The minimum Gasteiger partial charge on any atom is -0.396 e. The Morgan fingerprint density at radius 2 is 1.95 bits per heavy atom. The number of sulfone groups is 1. The lowest BCUT2D eigenvalue weighted by atomic mass is 10.2. The molecular formula is C14H12FN3O2S. The van der Waals surface area contributed by atoms with E-state index in [4.69, 9.17) is 11.0 Å². The fourth-order valence-electron chi connectivity index (χ4n) is 1.81. The zero-order valence-electron chi connectivity index (χ0n) is 11.1. The van der Waals surface area contributed by atoms with Gasteiger partial charge in [-0.25, -0.2) is 12.8 Å². The second-order valence-corrected chi connectivity index (χ2v) is 6.41.